The van der Waals surface area contributed by atoms with E-state index in [2.05, 4.69) is 0 Å². The minimum Gasteiger partial charge on any atom is -0.497 e. The van der Waals surface area contributed by atoms with Gasteiger partial charge in [-0.15, -0.1) is 0 Å². The van der Waals surface area contributed by atoms with E-state index in [1.165, 1.54) is 17.7 Å². The average Bonchev–Trinajstić information content (AvgIpc) is 3.46. The van der Waals surface area contributed by atoms with Gasteiger partial charge in [0.1, 0.15) is 5.75 Å². The molecule has 0 unspecified atom stereocenters. The summed E-state index contributed by atoms with van der Waals surface area (Å²) in [5.74, 6) is 1.02. The summed E-state index contributed by atoms with van der Waals surface area (Å²) in [6.45, 7) is 0.802. The number of nitrogens with zero attached hydrogens (tertiary/aromatic N) is 2. The summed E-state index contributed by atoms with van der Waals surface area (Å²) in [7, 11) is 1.60. The molecule has 1 aromatic rings. The van der Waals surface area contributed by atoms with Crippen molar-refractivity contribution < 1.29 is 19.1 Å². The fourth-order valence-electron chi connectivity index (χ4n) is 6.47. The first kappa shape index (κ1) is 20.5. The van der Waals surface area contributed by atoms with E-state index >= 15 is 0 Å². The molecule has 0 radical (unpaired) electrons. The van der Waals surface area contributed by atoms with Crippen LogP contribution >= 0.6 is 0 Å². The molecule has 166 valence electrons. The van der Waals surface area contributed by atoms with Crippen LogP contribution in [0.4, 0.5) is 0 Å². The standard InChI is InChI=1S/C25H32N2O4/c1-31-21-11-9-18(10-12-21)25(14-22(28)26-16-17-5-4-8-20(26)13-17)15-23(29)27(24(25)30)19-6-2-3-7-19/h9-12,17,19-20H,2-8,13-16H2,1H3/t17-,20+,25-/m1/s1. The van der Waals surface area contributed by atoms with Gasteiger partial charge < -0.3 is 9.64 Å². The number of carbonyl (C=O) groups is 3. The van der Waals surface area contributed by atoms with Crippen molar-refractivity contribution in [2.45, 2.75) is 81.7 Å². The summed E-state index contributed by atoms with van der Waals surface area (Å²) in [5.41, 5.74) is -0.345. The first-order chi connectivity index (χ1) is 15.0. The quantitative estimate of drug-likeness (QED) is 0.680. The molecule has 4 aliphatic rings. The fourth-order valence-corrected chi connectivity index (χ4v) is 6.47. The van der Waals surface area contributed by atoms with Crippen LogP contribution in [0.25, 0.3) is 0 Å². The number of hydrogen-bond acceptors (Lipinski definition) is 4. The molecular formula is C25H32N2O4. The summed E-state index contributed by atoms with van der Waals surface area (Å²) in [4.78, 5) is 44.1. The highest BCUT2D eigenvalue weighted by Crippen LogP contribution is 2.45. The summed E-state index contributed by atoms with van der Waals surface area (Å²) in [5, 5.41) is 0. The Labute approximate surface area is 183 Å². The third-order valence-electron chi connectivity index (χ3n) is 8.11. The minimum absolute atomic E-state index is 0.0128. The Bertz CT molecular complexity index is 876. The first-order valence-corrected chi connectivity index (χ1v) is 11.8. The van der Waals surface area contributed by atoms with E-state index in [0.717, 1.165) is 50.6 Å². The van der Waals surface area contributed by atoms with Crippen LogP contribution in [0.15, 0.2) is 24.3 Å². The Hall–Kier alpha value is -2.37. The van der Waals surface area contributed by atoms with Gasteiger partial charge in [0, 0.05) is 31.5 Å². The van der Waals surface area contributed by atoms with Gasteiger partial charge in [0.25, 0.3) is 0 Å². The van der Waals surface area contributed by atoms with Gasteiger partial charge in [-0.05, 0) is 55.7 Å². The molecule has 6 heteroatoms. The summed E-state index contributed by atoms with van der Waals surface area (Å²) in [6.07, 6.45) is 8.52. The zero-order valence-corrected chi connectivity index (χ0v) is 18.3. The summed E-state index contributed by atoms with van der Waals surface area (Å²) >= 11 is 0. The Morgan fingerprint density at radius 3 is 2.42 bits per heavy atom. The number of likely N-dealkylation sites (tertiary alicyclic amines) is 2. The highest BCUT2D eigenvalue weighted by molar-refractivity contribution is 6.11. The molecule has 0 spiro atoms. The molecule has 2 saturated heterocycles. The minimum atomic E-state index is -1.10. The number of benzene rings is 1. The molecule has 0 N–H and O–H groups in total. The van der Waals surface area contributed by atoms with Crippen molar-refractivity contribution in [2.24, 2.45) is 5.92 Å². The summed E-state index contributed by atoms with van der Waals surface area (Å²) in [6, 6.07) is 7.65. The molecule has 2 saturated carbocycles. The van der Waals surface area contributed by atoms with Gasteiger partial charge >= 0.3 is 0 Å². The average molecular weight is 425 g/mol. The predicted molar refractivity (Wildman–Crippen MR) is 115 cm³/mol. The lowest BCUT2D eigenvalue weighted by atomic mass is 9.75. The van der Waals surface area contributed by atoms with Gasteiger partial charge in [0.2, 0.25) is 17.7 Å². The Balaban J connectivity index is 1.48. The number of imide groups is 1. The predicted octanol–water partition coefficient (Wildman–Crippen LogP) is 3.43. The zero-order valence-electron chi connectivity index (χ0n) is 18.3. The van der Waals surface area contributed by atoms with Crippen molar-refractivity contribution in [3.05, 3.63) is 29.8 Å². The van der Waals surface area contributed by atoms with Crippen LogP contribution in [0.3, 0.4) is 0 Å². The van der Waals surface area contributed by atoms with E-state index < -0.39 is 5.41 Å². The van der Waals surface area contributed by atoms with Crippen molar-refractivity contribution in [3.8, 4) is 5.75 Å². The molecule has 31 heavy (non-hydrogen) atoms. The van der Waals surface area contributed by atoms with E-state index in [9.17, 15) is 14.4 Å². The van der Waals surface area contributed by atoms with Gasteiger partial charge in [-0.3, -0.25) is 19.3 Å². The molecule has 1 aromatic carbocycles. The molecule has 2 heterocycles. The third kappa shape index (κ3) is 3.44. The number of rotatable bonds is 5. The highest BCUT2D eigenvalue weighted by atomic mass is 16.5. The summed E-state index contributed by atoms with van der Waals surface area (Å²) < 4.78 is 5.29. The number of ether oxygens (including phenoxy) is 1. The van der Waals surface area contributed by atoms with Crippen molar-refractivity contribution in [1.29, 1.82) is 0 Å². The Kier molecular flexibility index (Phi) is 5.27. The van der Waals surface area contributed by atoms with Crippen LogP contribution in [-0.2, 0) is 19.8 Å². The second kappa shape index (κ2) is 7.95. The van der Waals surface area contributed by atoms with Crippen LogP contribution in [-0.4, -0.2) is 53.3 Å². The van der Waals surface area contributed by atoms with Crippen molar-refractivity contribution in [2.75, 3.05) is 13.7 Å². The Morgan fingerprint density at radius 2 is 1.74 bits per heavy atom. The van der Waals surface area contributed by atoms with Gasteiger partial charge in [-0.1, -0.05) is 31.4 Å². The topological polar surface area (TPSA) is 66.9 Å². The lowest BCUT2D eigenvalue weighted by Crippen LogP contribution is -2.46. The van der Waals surface area contributed by atoms with Gasteiger partial charge in [-0.2, -0.15) is 0 Å². The molecule has 2 aliphatic carbocycles. The smallest absolute Gasteiger partial charge is 0.241 e. The normalized spacial score (nSPS) is 31.0. The van der Waals surface area contributed by atoms with E-state index in [4.69, 9.17) is 4.74 Å². The molecule has 6 nitrogen and oxygen atoms in total. The van der Waals surface area contributed by atoms with E-state index in [0.29, 0.717) is 17.7 Å². The van der Waals surface area contributed by atoms with Crippen LogP contribution in [0.5, 0.6) is 5.75 Å². The second-order valence-corrected chi connectivity index (χ2v) is 9.90. The SMILES string of the molecule is COc1ccc([C@@]2(CC(=O)N3C[C@@H]4CCC[C@H]3C4)CC(=O)N(C3CCCC3)C2=O)cc1. The largest absolute Gasteiger partial charge is 0.497 e. The molecule has 4 fully saturated rings. The molecule has 3 atom stereocenters. The van der Waals surface area contributed by atoms with Gasteiger partial charge in [0.05, 0.1) is 12.5 Å². The van der Waals surface area contributed by atoms with Gasteiger partial charge in [-0.25, -0.2) is 0 Å². The second-order valence-electron chi connectivity index (χ2n) is 9.90. The molecule has 0 aromatic heterocycles. The van der Waals surface area contributed by atoms with Gasteiger partial charge in [0.15, 0.2) is 0 Å². The zero-order chi connectivity index (χ0) is 21.6. The monoisotopic (exact) mass is 424 g/mol. The molecule has 3 amide bonds. The molecule has 2 bridgehead atoms. The van der Waals surface area contributed by atoms with E-state index in [1.54, 1.807) is 7.11 Å². The number of carbonyl (C=O) groups excluding carboxylic acids is 3. The molecule has 5 rings (SSSR count). The van der Waals surface area contributed by atoms with Crippen LogP contribution in [0.1, 0.15) is 69.8 Å². The number of methoxy groups -OCH3 is 1. The van der Waals surface area contributed by atoms with Crippen LogP contribution in [0, 0.1) is 5.92 Å². The molecular weight excluding hydrogens is 392 g/mol. The maximum Gasteiger partial charge on any atom is 0.241 e. The number of amides is 3. The fraction of sp³-hybridized carbons (Fsp3) is 0.640. The lowest BCUT2D eigenvalue weighted by molar-refractivity contribution is -0.145. The maximum atomic E-state index is 13.9. The van der Waals surface area contributed by atoms with Crippen molar-refractivity contribution >= 4 is 17.7 Å². The van der Waals surface area contributed by atoms with Crippen molar-refractivity contribution in [1.82, 2.24) is 9.80 Å². The van der Waals surface area contributed by atoms with E-state index in [-0.39, 0.29) is 36.6 Å². The van der Waals surface area contributed by atoms with E-state index in [1.807, 2.05) is 29.2 Å². The van der Waals surface area contributed by atoms with Crippen LogP contribution < -0.4 is 4.74 Å². The Morgan fingerprint density at radius 1 is 1.03 bits per heavy atom. The van der Waals surface area contributed by atoms with Crippen molar-refractivity contribution in [3.63, 3.8) is 0 Å². The third-order valence-corrected chi connectivity index (χ3v) is 8.11. The first-order valence-electron chi connectivity index (χ1n) is 11.8. The maximum absolute atomic E-state index is 13.9. The number of fused-ring (bicyclic) bond motifs is 2. The van der Waals surface area contributed by atoms with Crippen LogP contribution in [0.2, 0.25) is 0 Å². The number of hydrogen-bond donors (Lipinski definition) is 0. The molecule has 2 aliphatic heterocycles. The lowest BCUT2D eigenvalue weighted by Gasteiger charge is -2.32. The highest BCUT2D eigenvalue weighted by Gasteiger charge is 2.56.